The maximum atomic E-state index is 12.0. The van der Waals surface area contributed by atoms with Crippen LogP contribution in [0.2, 0.25) is 0 Å². The number of amides is 2. The highest BCUT2D eigenvalue weighted by molar-refractivity contribution is 6.09. The van der Waals surface area contributed by atoms with Crippen molar-refractivity contribution in [2.75, 3.05) is 25.2 Å². The number of ether oxygens (including phenoxy) is 3. The summed E-state index contributed by atoms with van der Waals surface area (Å²) in [5.74, 6) is 0.627. The molecule has 2 amide bonds. The molecule has 0 unspecified atom stereocenters. The first-order valence-electron chi connectivity index (χ1n) is 6.91. The largest absolute Gasteiger partial charge is 0.497 e. The van der Waals surface area contributed by atoms with Crippen LogP contribution in [0.5, 0.6) is 5.75 Å². The van der Waals surface area contributed by atoms with Gasteiger partial charge in [0.15, 0.2) is 0 Å². The van der Waals surface area contributed by atoms with Crippen molar-refractivity contribution in [3.8, 4) is 5.75 Å². The van der Waals surface area contributed by atoms with E-state index in [9.17, 15) is 9.59 Å². The molecule has 21 heavy (non-hydrogen) atoms. The molecule has 1 aromatic carbocycles. The van der Waals surface area contributed by atoms with Crippen LogP contribution >= 0.6 is 0 Å². The average Bonchev–Trinajstić information content (AvgIpc) is 2.51. The SMILES string of the molecule is CCCOC(=O)N(C(=O)OCCC)c1ccc(OC)cc1. The number of carbonyl (C=O) groups excluding carboxylic acids is 2. The number of hydrogen-bond donors (Lipinski definition) is 0. The molecule has 1 aromatic rings. The first kappa shape index (κ1) is 16.8. The third-order valence-electron chi connectivity index (χ3n) is 2.56. The molecule has 0 aromatic heterocycles. The van der Waals surface area contributed by atoms with Crippen LogP contribution in [0, 0.1) is 0 Å². The van der Waals surface area contributed by atoms with Gasteiger partial charge in [0.1, 0.15) is 5.75 Å². The van der Waals surface area contributed by atoms with Crippen LogP contribution < -0.4 is 9.64 Å². The Kier molecular flexibility index (Phi) is 7.08. The van der Waals surface area contributed by atoms with E-state index in [1.54, 1.807) is 24.3 Å². The van der Waals surface area contributed by atoms with Crippen LogP contribution in [0.4, 0.5) is 15.3 Å². The molecule has 0 radical (unpaired) electrons. The smallest absolute Gasteiger partial charge is 0.424 e. The molecule has 6 heteroatoms. The van der Waals surface area contributed by atoms with Crippen molar-refractivity contribution < 1.29 is 23.8 Å². The van der Waals surface area contributed by atoms with E-state index >= 15 is 0 Å². The molecule has 0 bridgehead atoms. The molecule has 0 aliphatic heterocycles. The first-order valence-corrected chi connectivity index (χ1v) is 6.91. The highest BCUT2D eigenvalue weighted by atomic mass is 16.6. The van der Waals surface area contributed by atoms with Gasteiger partial charge in [0, 0.05) is 0 Å². The molecule has 6 nitrogen and oxygen atoms in total. The minimum atomic E-state index is -0.747. The summed E-state index contributed by atoms with van der Waals surface area (Å²) >= 11 is 0. The molecule has 0 aliphatic carbocycles. The van der Waals surface area contributed by atoms with E-state index in [2.05, 4.69) is 0 Å². The van der Waals surface area contributed by atoms with Crippen LogP contribution in [0.15, 0.2) is 24.3 Å². The fraction of sp³-hybridized carbons (Fsp3) is 0.467. The third kappa shape index (κ3) is 4.98. The predicted molar refractivity (Wildman–Crippen MR) is 78.8 cm³/mol. The van der Waals surface area contributed by atoms with E-state index in [0.717, 1.165) is 4.90 Å². The number of benzene rings is 1. The topological polar surface area (TPSA) is 65.1 Å². The quantitative estimate of drug-likeness (QED) is 0.802. The van der Waals surface area contributed by atoms with Gasteiger partial charge in [0.2, 0.25) is 0 Å². The van der Waals surface area contributed by atoms with E-state index in [4.69, 9.17) is 14.2 Å². The Labute approximate surface area is 124 Å². The Morgan fingerprint density at radius 3 is 1.81 bits per heavy atom. The monoisotopic (exact) mass is 295 g/mol. The zero-order chi connectivity index (χ0) is 15.7. The lowest BCUT2D eigenvalue weighted by atomic mass is 10.3. The lowest BCUT2D eigenvalue weighted by molar-refractivity contribution is 0.134. The number of nitrogens with zero attached hydrogens (tertiary/aromatic N) is 1. The fourth-order valence-electron chi connectivity index (χ4n) is 1.52. The summed E-state index contributed by atoms with van der Waals surface area (Å²) in [6.45, 7) is 4.24. The van der Waals surface area contributed by atoms with Gasteiger partial charge in [-0.3, -0.25) is 0 Å². The minimum Gasteiger partial charge on any atom is -0.497 e. The number of methoxy groups -OCH3 is 1. The number of rotatable bonds is 6. The number of anilines is 1. The average molecular weight is 295 g/mol. The zero-order valence-corrected chi connectivity index (χ0v) is 12.6. The Morgan fingerprint density at radius 1 is 0.952 bits per heavy atom. The van der Waals surface area contributed by atoms with Crippen molar-refractivity contribution in [1.29, 1.82) is 0 Å². The van der Waals surface area contributed by atoms with E-state index in [0.29, 0.717) is 24.3 Å². The molecular weight excluding hydrogens is 274 g/mol. The summed E-state index contributed by atoms with van der Waals surface area (Å²) < 4.78 is 15.1. The van der Waals surface area contributed by atoms with Gasteiger partial charge in [0.25, 0.3) is 0 Å². The lowest BCUT2D eigenvalue weighted by Crippen LogP contribution is -2.38. The van der Waals surface area contributed by atoms with Crippen molar-refractivity contribution in [3.63, 3.8) is 0 Å². The fourth-order valence-corrected chi connectivity index (χ4v) is 1.52. The first-order chi connectivity index (χ1) is 10.1. The van der Waals surface area contributed by atoms with Gasteiger partial charge in [-0.15, -0.1) is 0 Å². The summed E-state index contributed by atoms with van der Waals surface area (Å²) in [6.07, 6.45) is -0.149. The summed E-state index contributed by atoms with van der Waals surface area (Å²) in [4.78, 5) is 24.9. The molecule has 0 spiro atoms. The molecule has 0 N–H and O–H groups in total. The molecule has 0 atom stereocenters. The molecule has 0 aliphatic rings. The standard InChI is InChI=1S/C15H21NO5/c1-4-10-20-14(17)16(15(18)21-11-5-2)12-6-8-13(19-3)9-7-12/h6-9H,4-5,10-11H2,1-3H3. The second-order valence-electron chi connectivity index (χ2n) is 4.26. The summed E-state index contributed by atoms with van der Waals surface area (Å²) in [7, 11) is 1.54. The third-order valence-corrected chi connectivity index (χ3v) is 2.56. The summed E-state index contributed by atoms with van der Waals surface area (Å²) in [5.41, 5.74) is 0.373. The Morgan fingerprint density at radius 2 is 1.43 bits per heavy atom. The zero-order valence-electron chi connectivity index (χ0n) is 12.6. The molecule has 1 rings (SSSR count). The van der Waals surface area contributed by atoms with Crippen molar-refractivity contribution in [2.45, 2.75) is 26.7 Å². The minimum absolute atomic E-state index is 0.243. The molecule has 0 fully saturated rings. The Bertz CT molecular complexity index is 438. The Hall–Kier alpha value is -2.24. The van der Waals surface area contributed by atoms with Crippen LogP contribution in [-0.2, 0) is 9.47 Å². The van der Waals surface area contributed by atoms with Gasteiger partial charge < -0.3 is 14.2 Å². The van der Waals surface area contributed by atoms with Crippen LogP contribution in [-0.4, -0.2) is 32.5 Å². The second kappa shape index (κ2) is 8.84. The van der Waals surface area contributed by atoms with Gasteiger partial charge in [-0.25, -0.2) is 9.59 Å². The maximum Gasteiger partial charge on any atom is 0.424 e. The number of imide groups is 1. The van der Waals surface area contributed by atoms with Gasteiger partial charge in [-0.2, -0.15) is 4.90 Å². The van der Waals surface area contributed by atoms with Crippen molar-refractivity contribution >= 4 is 17.9 Å². The summed E-state index contributed by atoms with van der Waals surface area (Å²) in [5, 5.41) is 0. The summed E-state index contributed by atoms with van der Waals surface area (Å²) in [6, 6.07) is 6.50. The van der Waals surface area contributed by atoms with Gasteiger partial charge in [0.05, 0.1) is 26.0 Å². The molecule has 0 saturated carbocycles. The van der Waals surface area contributed by atoms with Gasteiger partial charge in [-0.1, -0.05) is 13.8 Å². The number of carbonyl (C=O) groups is 2. The molecule has 0 saturated heterocycles. The van der Waals surface area contributed by atoms with Crippen molar-refractivity contribution in [3.05, 3.63) is 24.3 Å². The van der Waals surface area contributed by atoms with Crippen molar-refractivity contribution in [1.82, 2.24) is 0 Å². The highest BCUT2D eigenvalue weighted by Crippen LogP contribution is 2.21. The number of hydrogen-bond acceptors (Lipinski definition) is 5. The molecule has 0 heterocycles. The van der Waals surface area contributed by atoms with E-state index in [1.807, 2.05) is 13.8 Å². The normalized spacial score (nSPS) is 9.86. The maximum absolute atomic E-state index is 12.0. The van der Waals surface area contributed by atoms with E-state index in [-0.39, 0.29) is 13.2 Å². The highest BCUT2D eigenvalue weighted by Gasteiger charge is 2.26. The second-order valence-corrected chi connectivity index (χ2v) is 4.26. The van der Waals surface area contributed by atoms with Crippen molar-refractivity contribution in [2.24, 2.45) is 0 Å². The van der Waals surface area contributed by atoms with Crippen LogP contribution in [0.1, 0.15) is 26.7 Å². The van der Waals surface area contributed by atoms with Gasteiger partial charge in [-0.05, 0) is 37.1 Å². The van der Waals surface area contributed by atoms with E-state index in [1.165, 1.54) is 7.11 Å². The lowest BCUT2D eigenvalue weighted by Gasteiger charge is -2.20. The van der Waals surface area contributed by atoms with Crippen LogP contribution in [0.3, 0.4) is 0 Å². The molecular formula is C15H21NO5. The van der Waals surface area contributed by atoms with Crippen LogP contribution in [0.25, 0.3) is 0 Å². The predicted octanol–water partition coefficient (Wildman–Crippen LogP) is 3.59. The Balaban J connectivity index is 2.93. The van der Waals surface area contributed by atoms with E-state index < -0.39 is 12.2 Å². The molecule has 116 valence electrons. The van der Waals surface area contributed by atoms with Gasteiger partial charge >= 0.3 is 12.2 Å².